The molecule has 25 heavy (non-hydrogen) atoms. The van der Waals surface area contributed by atoms with Crippen molar-refractivity contribution in [2.45, 2.75) is 26.2 Å². The number of carbonyl (C=O) groups excluding carboxylic acids is 1. The molecule has 1 fully saturated rings. The van der Waals surface area contributed by atoms with Gasteiger partial charge in [-0.05, 0) is 61.4 Å². The number of amides is 1. The van der Waals surface area contributed by atoms with E-state index in [2.05, 4.69) is 24.3 Å². The number of hydrogen-bond acceptors (Lipinski definition) is 2. The number of carbonyl (C=O) groups is 1. The van der Waals surface area contributed by atoms with Gasteiger partial charge in [-0.15, -0.1) is 0 Å². The molecule has 0 bridgehead atoms. The number of hydrogen-bond donors (Lipinski definition) is 0. The third-order valence-corrected chi connectivity index (χ3v) is 5.25. The fraction of sp³-hybridized carbons (Fsp3) is 0.381. The molecule has 4 heteroatoms. The Morgan fingerprint density at radius 2 is 1.88 bits per heavy atom. The number of aryl methyl sites for hydroxylation is 1. The number of benzene rings is 2. The van der Waals surface area contributed by atoms with Crippen LogP contribution < -0.4 is 4.74 Å². The highest BCUT2D eigenvalue weighted by atomic mass is 35.5. The standard InChI is InChI=1S/C21H24ClNO2/c1-16-13-19(7-8-20(16)22)25-15-21(24)23-11-9-18(10-12-23)14-17-5-3-2-4-6-17/h2-8,13,18H,9-12,14-15H2,1H3. The molecule has 3 nitrogen and oxygen atoms in total. The van der Waals surface area contributed by atoms with Crippen LogP contribution in [0.5, 0.6) is 5.75 Å². The summed E-state index contributed by atoms with van der Waals surface area (Å²) in [6.07, 6.45) is 3.21. The van der Waals surface area contributed by atoms with Gasteiger partial charge in [0.2, 0.25) is 0 Å². The van der Waals surface area contributed by atoms with E-state index in [9.17, 15) is 4.79 Å². The van der Waals surface area contributed by atoms with Crippen LogP contribution in [0.25, 0.3) is 0 Å². The summed E-state index contributed by atoms with van der Waals surface area (Å²) < 4.78 is 5.63. The molecule has 132 valence electrons. The van der Waals surface area contributed by atoms with Gasteiger partial charge in [-0.3, -0.25) is 4.79 Å². The number of nitrogens with zero attached hydrogens (tertiary/aromatic N) is 1. The van der Waals surface area contributed by atoms with E-state index in [1.807, 2.05) is 24.0 Å². The summed E-state index contributed by atoms with van der Waals surface area (Å²) in [4.78, 5) is 14.3. The molecule has 2 aromatic rings. The lowest BCUT2D eigenvalue weighted by molar-refractivity contribution is -0.134. The van der Waals surface area contributed by atoms with Crippen LogP contribution in [-0.4, -0.2) is 30.5 Å². The predicted octanol–water partition coefficient (Wildman–Crippen LogP) is 4.51. The van der Waals surface area contributed by atoms with Gasteiger partial charge in [0.15, 0.2) is 6.61 Å². The lowest BCUT2D eigenvalue weighted by atomic mass is 9.90. The van der Waals surface area contributed by atoms with Gasteiger partial charge >= 0.3 is 0 Å². The SMILES string of the molecule is Cc1cc(OCC(=O)N2CCC(Cc3ccccc3)CC2)ccc1Cl. The smallest absolute Gasteiger partial charge is 0.260 e. The minimum Gasteiger partial charge on any atom is -0.484 e. The van der Waals surface area contributed by atoms with E-state index >= 15 is 0 Å². The van der Waals surface area contributed by atoms with E-state index in [0.29, 0.717) is 16.7 Å². The Labute approximate surface area is 154 Å². The largest absolute Gasteiger partial charge is 0.484 e. The second kappa shape index (κ2) is 8.39. The zero-order chi connectivity index (χ0) is 17.6. The van der Waals surface area contributed by atoms with Gasteiger partial charge in [0.1, 0.15) is 5.75 Å². The predicted molar refractivity (Wildman–Crippen MR) is 101 cm³/mol. The van der Waals surface area contributed by atoms with Crippen molar-refractivity contribution in [1.82, 2.24) is 4.90 Å². The third-order valence-electron chi connectivity index (χ3n) is 4.83. The lowest BCUT2D eigenvalue weighted by Gasteiger charge is -2.32. The molecular formula is C21H24ClNO2. The summed E-state index contributed by atoms with van der Waals surface area (Å²) in [6.45, 7) is 3.65. The van der Waals surface area contributed by atoms with Crippen molar-refractivity contribution in [3.05, 3.63) is 64.7 Å². The van der Waals surface area contributed by atoms with Crippen molar-refractivity contribution in [1.29, 1.82) is 0 Å². The zero-order valence-electron chi connectivity index (χ0n) is 14.6. The molecule has 0 spiro atoms. The molecule has 1 saturated heterocycles. The first-order valence-corrected chi connectivity index (χ1v) is 9.20. The fourth-order valence-corrected chi connectivity index (χ4v) is 3.39. The highest BCUT2D eigenvalue weighted by Gasteiger charge is 2.23. The molecule has 1 amide bonds. The van der Waals surface area contributed by atoms with E-state index in [0.717, 1.165) is 37.9 Å². The first-order valence-electron chi connectivity index (χ1n) is 8.82. The molecule has 1 aliphatic heterocycles. The van der Waals surface area contributed by atoms with E-state index < -0.39 is 0 Å². The molecule has 0 atom stereocenters. The molecule has 2 aromatic carbocycles. The Balaban J connectivity index is 1.44. The molecule has 0 radical (unpaired) electrons. The monoisotopic (exact) mass is 357 g/mol. The number of piperidine rings is 1. The Morgan fingerprint density at radius 3 is 2.56 bits per heavy atom. The molecular weight excluding hydrogens is 334 g/mol. The van der Waals surface area contributed by atoms with Crippen LogP contribution in [0.4, 0.5) is 0 Å². The molecule has 0 aliphatic carbocycles. The second-order valence-electron chi connectivity index (χ2n) is 6.71. The minimum atomic E-state index is 0.0609. The number of likely N-dealkylation sites (tertiary alicyclic amines) is 1. The van der Waals surface area contributed by atoms with Crippen molar-refractivity contribution < 1.29 is 9.53 Å². The second-order valence-corrected chi connectivity index (χ2v) is 7.12. The fourth-order valence-electron chi connectivity index (χ4n) is 3.28. The number of ether oxygens (including phenoxy) is 1. The maximum absolute atomic E-state index is 12.4. The normalized spacial score (nSPS) is 15.2. The third kappa shape index (κ3) is 4.99. The molecule has 1 aliphatic rings. The number of halogens is 1. The molecule has 0 saturated carbocycles. The van der Waals surface area contributed by atoms with Crippen molar-refractivity contribution in [3.63, 3.8) is 0 Å². The van der Waals surface area contributed by atoms with Crippen molar-refractivity contribution in [2.24, 2.45) is 5.92 Å². The van der Waals surface area contributed by atoms with E-state index in [-0.39, 0.29) is 12.5 Å². The van der Waals surface area contributed by atoms with Crippen LogP contribution in [0, 0.1) is 12.8 Å². The van der Waals surface area contributed by atoms with Crippen molar-refractivity contribution >= 4 is 17.5 Å². The highest BCUT2D eigenvalue weighted by molar-refractivity contribution is 6.31. The Kier molecular flexibility index (Phi) is 5.98. The number of rotatable bonds is 5. The summed E-state index contributed by atoms with van der Waals surface area (Å²) in [5.74, 6) is 1.41. The summed E-state index contributed by atoms with van der Waals surface area (Å²) >= 11 is 6.01. The van der Waals surface area contributed by atoms with Crippen LogP contribution in [-0.2, 0) is 11.2 Å². The topological polar surface area (TPSA) is 29.5 Å². The van der Waals surface area contributed by atoms with Gasteiger partial charge in [-0.25, -0.2) is 0 Å². The quantitative estimate of drug-likeness (QED) is 0.788. The highest BCUT2D eigenvalue weighted by Crippen LogP contribution is 2.23. The summed E-state index contributed by atoms with van der Waals surface area (Å²) in [5, 5.41) is 0.708. The van der Waals surface area contributed by atoms with Crippen molar-refractivity contribution in [2.75, 3.05) is 19.7 Å². The molecule has 0 aromatic heterocycles. The van der Waals surface area contributed by atoms with Gasteiger partial charge in [0.25, 0.3) is 5.91 Å². The van der Waals surface area contributed by atoms with Gasteiger partial charge in [0.05, 0.1) is 0 Å². The molecule has 3 rings (SSSR count). The van der Waals surface area contributed by atoms with E-state index in [1.165, 1.54) is 5.56 Å². The first-order chi connectivity index (χ1) is 12.1. The summed E-state index contributed by atoms with van der Waals surface area (Å²) in [7, 11) is 0. The Morgan fingerprint density at radius 1 is 1.16 bits per heavy atom. The van der Waals surface area contributed by atoms with Crippen LogP contribution >= 0.6 is 11.6 Å². The average Bonchev–Trinajstić information content (AvgIpc) is 2.64. The minimum absolute atomic E-state index is 0.0609. The van der Waals surface area contributed by atoms with Gasteiger partial charge in [-0.2, -0.15) is 0 Å². The van der Waals surface area contributed by atoms with Crippen molar-refractivity contribution in [3.8, 4) is 5.75 Å². The summed E-state index contributed by atoms with van der Waals surface area (Å²) in [5.41, 5.74) is 2.34. The Bertz CT molecular complexity index is 709. The zero-order valence-corrected chi connectivity index (χ0v) is 15.3. The molecule has 1 heterocycles. The van der Waals surface area contributed by atoms with Gasteiger partial charge in [0, 0.05) is 18.1 Å². The molecule has 0 unspecified atom stereocenters. The maximum Gasteiger partial charge on any atom is 0.260 e. The van der Waals surface area contributed by atoms with Gasteiger partial charge in [-0.1, -0.05) is 41.9 Å². The van der Waals surface area contributed by atoms with Crippen LogP contribution in [0.15, 0.2) is 48.5 Å². The van der Waals surface area contributed by atoms with E-state index in [1.54, 1.807) is 12.1 Å². The van der Waals surface area contributed by atoms with E-state index in [4.69, 9.17) is 16.3 Å². The van der Waals surface area contributed by atoms with Gasteiger partial charge < -0.3 is 9.64 Å². The van der Waals surface area contributed by atoms with Crippen LogP contribution in [0.2, 0.25) is 5.02 Å². The average molecular weight is 358 g/mol. The van der Waals surface area contributed by atoms with Crippen LogP contribution in [0.1, 0.15) is 24.0 Å². The van der Waals surface area contributed by atoms with Crippen LogP contribution in [0.3, 0.4) is 0 Å². The Hall–Kier alpha value is -2.00. The first kappa shape index (κ1) is 17.8. The molecule has 0 N–H and O–H groups in total. The maximum atomic E-state index is 12.4. The lowest BCUT2D eigenvalue weighted by Crippen LogP contribution is -2.41. The summed E-state index contributed by atoms with van der Waals surface area (Å²) in [6, 6.07) is 16.0.